The maximum atomic E-state index is 8.89. The number of benzene rings is 2. The fraction of sp³-hybridized carbons (Fsp3) is 0.500. The van der Waals surface area contributed by atoms with Gasteiger partial charge in [-0.1, -0.05) is 101 Å². The topological polar surface area (TPSA) is 49.4 Å². The van der Waals surface area contributed by atoms with E-state index in [0.29, 0.717) is 0 Å². The van der Waals surface area contributed by atoms with Crippen LogP contribution in [0.15, 0.2) is 60.7 Å². The molecule has 0 aliphatic carbocycles. The van der Waals surface area contributed by atoms with Crippen molar-refractivity contribution < 1.29 is 14.3 Å². The zero-order valence-electron chi connectivity index (χ0n) is 18.8. The molecule has 0 atom stereocenters. The van der Waals surface area contributed by atoms with Crippen molar-refractivity contribution in [2.45, 2.75) is 78.1 Å². The fourth-order valence-electron chi connectivity index (χ4n) is 3.28. The normalized spacial score (nSPS) is 10.2. The van der Waals surface area contributed by atoms with Crippen molar-refractivity contribution in [1.82, 2.24) is 0 Å². The van der Waals surface area contributed by atoms with Gasteiger partial charge >= 0.3 is 9.04 Å². The SMILES string of the molecule is CC(=O)[O-].CCCCCCCCCCCCO[Si+](c1ccccc1)c1ccccc1. The monoisotopic (exact) mass is 426 g/mol. The van der Waals surface area contributed by atoms with Gasteiger partial charge in [0.1, 0.15) is 10.4 Å². The third kappa shape index (κ3) is 13.3. The van der Waals surface area contributed by atoms with Gasteiger partial charge < -0.3 is 9.90 Å². The van der Waals surface area contributed by atoms with E-state index in [1.807, 2.05) is 0 Å². The lowest BCUT2D eigenvalue weighted by Gasteiger charge is -2.04. The number of carboxylic acids is 1. The van der Waals surface area contributed by atoms with Gasteiger partial charge in [-0.3, -0.25) is 0 Å². The Balaban J connectivity index is 0.00000103. The number of unbranched alkanes of at least 4 members (excludes halogenated alkanes) is 9. The first-order valence-electron chi connectivity index (χ1n) is 11.4. The lowest BCUT2D eigenvalue weighted by Crippen LogP contribution is -2.45. The van der Waals surface area contributed by atoms with Gasteiger partial charge in [-0.05, 0) is 37.6 Å². The van der Waals surface area contributed by atoms with Crippen molar-refractivity contribution in [3.8, 4) is 0 Å². The van der Waals surface area contributed by atoms with Crippen LogP contribution in [-0.2, 0) is 9.22 Å². The van der Waals surface area contributed by atoms with Gasteiger partial charge in [0.25, 0.3) is 0 Å². The zero-order valence-corrected chi connectivity index (χ0v) is 19.8. The van der Waals surface area contributed by atoms with Gasteiger partial charge in [0.05, 0.1) is 6.61 Å². The Morgan fingerprint density at radius 1 is 0.733 bits per heavy atom. The van der Waals surface area contributed by atoms with Gasteiger partial charge in [-0.2, -0.15) is 0 Å². The van der Waals surface area contributed by atoms with Crippen molar-refractivity contribution in [3.63, 3.8) is 0 Å². The third-order valence-corrected chi connectivity index (χ3v) is 7.02. The van der Waals surface area contributed by atoms with Crippen LogP contribution in [-0.4, -0.2) is 21.6 Å². The Morgan fingerprint density at radius 3 is 1.50 bits per heavy atom. The fourth-order valence-corrected chi connectivity index (χ4v) is 5.28. The summed E-state index contributed by atoms with van der Waals surface area (Å²) < 4.78 is 6.39. The molecule has 0 N–H and O–H groups in total. The molecule has 0 aliphatic heterocycles. The minimum absolute atomic E-state index is 0.884. The van der Waals surface area contributed by atoms with Gasteiger partial charge in [-0.25, -0.2) is 4.43 Å². The molecule has 2 rings (SSSR count). The van der Waals surface area contributed by atoms with Crippen molar-refractivity contribution in [2.24, 2.45) is 0 Å². The van der Waals surface area contributed by atoms with Crippen molar-refractivity contribution >= 4 is 25.4 Å². The molecule has 0 bridgehead atoms. The number of aliphatic carboxylic acids is 1. The summed E-state index contributed by atoms with van der Waals surface area (Å²) in [6.07, 6.45) is 13.7. The summed E-state index contributed by atoms with van der Waals surface area (Å²) in [7, 11) is -1.11. The van der Waals surface area contributed by atoms with E-state index < -0.39 is 15.0 Å². The molecule has 0 saturated heterocycles. The summed E-state index contributed by atoms with van der Waals surface area (Å²) in [4.78, 5) is 8.89. The number of carbonyl (C=O) groups excluding carboxylic acids is 1. The minimum atomic E-state index is -1.11. The van der Waals surface area contributed by atoms with Crippen LogP contribution in [0.5, 0.6) is 0 Å². The Morgan fingerprint density at radius 2 is 1.10 bits per heavy atom. The Hall–Kier alpha value is -1.91. The highest BCUT2D eigenvalue weighted by Crippen LogP contribution is 2.10. The van der Waals surface area contributed by atoms with Crippen LogP contribution in [0.1, 0.15) is 78.1 Å². The molecule has 30 heavy (non-hydrogen) atoms. The first-order valence-corrected chi connectivity index (χ1v) is 12.8. The molecule has 3 nitrogen and oxygen atoms in total. The molecule has 0 unspecified atom stereocenters. The molecule has 2 aromatic carbocycles. The molecule has 0 radical (unpaired) electrons. The maximum Gasteiger partial charge on any atom is 0.551 e. The second kappa shape index (κ2) is 17.9. The van der Waals surface area contributed by atoms with Crippen LogP contribution >= 0.6 is 0 Å². The predicted octanol–water partition coefficient (Wildman–Crippen LogP) is 4.49. The number of carboxylic acid groups (broad SMARTS) is 1. The van der Waals surface area contributed by atoms with Crippen molar-refractivity contribution in [2.75, 3.05) is 6.61 Å². The van der Waals surface area contributed by atoms with E-state index >= 15 is 0 Å². The second-order valence-electron chi connectivity index (χ2n) is 7.58. The molecule has 2 aromatic rings. The highest BCUT2D eigenvalue weighted by Gasteiger charge is 2.35. The van der Waals surface area contributed by atoms with E-state index in [9.17, 15) is 0 Å². The highest BCUT2D eigenvalue weighted by atomic mass is 28.3. The molecule has 4 heteroatoms. The number of carbonyl (C=O) groups is 1. The summed E-state index contributed by atoms with van der Waals surface area (Å²) in [5.41, 5.74) is 0. The third-order valence-electron chi connectivity index (χ3n) is 4.82. The van der Waals surface area contributed by atoms with E-state index in [1.54, 1.807) is 0 Å². The average Bonchev–Trinajstić information content (AvgIpc) is 2.75. The Labute approximate surface area is 185 Å². The van der Waals surface area contributed by atoms with Gasteiger partial charge in [0.2, 0.25) is 0 Å². The van der Waals surface area contributed by atoms with Crippen LogP contribution in [0.4, 0.5) is 0 Å². The zero-order chi connectivity index (χ0) is 21.9. The molecule has 0 amide bonds. The maximum absolute atomic E-state index is 8.89. The standard InChI is InChI=1S/C24H35OSi.C2H4O2/c1-2-3-4-5-6-7-8-9-10-17-22-25-26(23-18-13-11-14-19-23)24-20-15-12-16-21-24;1-2(3)4/h11-16,18-21H,2-10,17,22H2,1H3;1H3,(H,3,4)/q+1;/p-1. The summed E-state index contributed by atoms with van der Waals surface area (Å²) in [6.45, 7) is 4.14. The summed E-state index contributed by atoms with van der Waals surface area (Å²) in [5, 5.41) is 11.6. The van der Waals surface area contributed by atoms with E-state index in [-0.39, 0.29) is 0 Å². The number of hydrogen-bond donors (Lipinski definition) is 0. The van der Waals surface area contributed by atoms with Crippen LogP contribution in [0.25, 0.3) is 0 Å². The van der Waals surface area contributed by atoms with E-state index in [0.717, 1.165) is 13.5 Å². The van der Waals surface area contributed by atoms with E-state index in [4.69, 9.17) is 14.3 Å². The molecule has 0 spiro atoms. The molecule has 164 valence electrons. The molecule has 0 heterocycles. The molecule has 0 aromatic heterocycles. The van der Waals surface area contributed by atoms with Crippen LogP contribution in [0.2, 0.25) is 0 Å². The van der Waals surface area contributed by atoms with Crippen molar-refractivity contribution in [3.05, 3.63) is 60.7 Å². The van der Waals surface area contributed by atoms with Crippen LogP contribution in [0, 0.1) is 0 Å². The summed E-state index contributed by atoms with van der Waals surface area (Å²) >= 11 is 0. The Kier molecular flexibility index (Phi) is 15.6. The van der Waals surface area contributed by atoms with Crippen molar-refractivity contribution in [1.29, 1.82) is 0 Å². The summed E-state index contributed by atoms with van der Waals surface area (Å²) in [5.74, 6) is -1.08. The van der Waals surface area contributed by atoms with Crippen LogP contribution in [0.3, 0.4) is 0 Å². The van der Waals surface area contributed by atoms with E-state index in [2.05, 4.69) is 67.6 Å². The minimum Gasteiger partial charge on any atom is -0.550 e. The van der Waals surface area contributed by atoms with Gasteiger partial charge in [-0.15, -0.1) is 0 Å². The Bertz CT molecular complexity index is 602. The van der Waals surface area contributed by atoms with Gasteiger partial charge in [0, 0.05) is 5.97 Å². The van der Waals surface area contributed by atoms with Crippen LogP contribution < -0.4 is 15.5 Å². The smallest absolute Gasteiger partial charge is 0.550 e. The molecule has 0 saturated carbocycles. The lowest BCUT2D eigenvalue weighted by molar-refractivity contribution is -0.302. The first kappa shape index (κ1) is 26.1. The molecular weight excluding hydrogens is 388 g/mol. The molecule has 0 fully saturated rings. The number of rotatable bonds is 14. The lowest BCUT2D eigenvalue weighted by atomic mass is 10.1. The second-order valence-corrected chi connectivity index (χ2v) is 9.68. The quantitative estimate of drug-likeness (QED) is 0.330. The molecular formula is C26H38O3Si. The first-order chi connectivity index (χ1) is 14.6. The number of hydrogen-bond acceptors (Lipinski definition) is 3. The summed E-state index contributed by atoms with van der Waals surface area (Å²) in [6, 6.07) is 21.5. The largest absolute Gasteiger partial charge is 0.551 e. The van der Waals surface area contributed by atoms with E-state index in [1.165, 1.54) is 74.6 Å². The predicted molar refractivity (Wildman–Crippen MR) is 126 cm³/mol. The van der Waals surface area contributed by atoms with Gasteiger partial charge in [0.15, 0.2) is 0 Å². The molecule has 0 aliphatic rings. The highest BCUT2D eigenvalue weighted by molar-refractivity contribution is 6.80. The average molecular weight is 427 g/mol.